The fourth-order valence-electron chi connectivity index (χ4n) is 6.76. The summed E-state index contributed by atoms with van der Waals surface area (Å²) >= 11 is 0. The number of halogens is 5. The fourth-order valence-corrected chi connectivity index (χ4v) is 6.76. The number of piperidine rings is 1. The second-order valence-corrected chi connectivity index (χ2v) is 11.8. The molecule has 0 amide bonds. The highest BCUT2D eigenvalue weighted by atomic mass is 19.4. The second-order valence-electron chi connectivity index (χ2n) is 11.8. The minimum absolute atomic E-state index is 0.0151. The molecule has 0 radical (unpaired) electrons. The van der Waals surface area contributed by atoms with Crippen LogP contribution in [0.3, 0.4) is 0 Å². The molecule has 3 aliphatic rings. The van der Waals surface area contributed by atoms with Crippen LogP contribution in [-0.4, -0.2) is 73.7 Å². The first-order chi connectivity index (χ1) is 20.1. The van der Waals surface area contributed by atoms with E-state index in [4.69, 9.17) is 0 Å². The Morgan fingerprint density at radius 2 is 1.79 bits per heavy atom. The summed E-state index contributed by atoms with van der Waals surface area (Å²) in [6, 6.07) is 4.26. The average Bonchev–Trinajstić information content (AvgIpc) is 3.52. The molecule has 8 nitrogen and oxygen atoms in total. The van der Waals surface area contributed by atoms with Gasteiger partial charge in [0.05, 0.1) is 11.7 Å². The monoisotopic (exact) mass is 584 g/mol. The van der Waals surface area contributed by atoms with Crippen molar-refractivity contribution in [2.45, 2.75) is 44.4 Å². The van der Waals surface area contributed by atoms with E-state index in [-0.39, 0.29) is 46.9 Å². The van der Waals surface area contributed by atoms with Gasteiger partial charge in [0, 0.05) is 37.8 Å². The van der Waals surface area contributed by atoms with E-state index in [2.05, 4.69) is 42.1 Å². The van der Waals surface area contributed by atoms with Gasteiger partial charge < -0.3 is 14.8 Å². The van der Waals surface area contributed by atoms with Crippen molar-refractivity contribution in [3.05, 3.63) is 59.7 Å². The molecule has 7 rings (SSSR count). The Labute approximate surface area is 238 Å². The number of aromatic nitrogens is 5. The molecule has 3 aliphatic heterocycles. The number of likely N-dealkylation sites (tertiary alicyclic amines) is 2. The molecule has 42 heavy (non-hydrogen) atoms. The van der Waals surface area contributed by atoms with Gasteiger partial charge in [0.2, 0.25) is 5.95 Å². The van der Waals surface area contributed by atoms with Gasteiger partial charge in [-0.2, -0.15) is 13.2 Å². The van der Waals surface area contributed by atoms with Gasteiger partial charge >= 0.3 is 6.18 Å². The highest BCUT2D eigenvalue weighted by Crippen LogP contribution is 2.43. The molecule has 1 spiro atoms. The van der Waals surface area contributed by atoms with E-state index in [1.165, 1.54) is 32.0 Å². The Bertz CT molecular complexity index is 1630. The van der Waals surface area contributed by atoms with Crippen molar-refractivity contribution in [2.75, 3.05) is 38.5 Å². The molecule has 1 atom stereocenters. The van der Waals surface area contributed by atoms with Crippen LogP contribution in [-0.2, 0) is 13.0 Å². The predicted molar refractivity (Wildman–Crippen MR) is 146 cm³/mol. The summed E-state index contributed by atoms with van der Waals surface area (Å²) < 4.78 is 71.8. The normalized spacial score (nSPS) is 20.7. The predicted octanol–water partition coefficient (Wildman–Crippen LogP) is 5.49. The maximum Gasteiger partial charge on any atom is 0.409 e. The second kappa shape index (κ2) is 9.94. The van der Waals surface area contributed by atoms with E-state index >= 15 is 4.39 Å². The molecule has 6 heterocycles. The average molecular weight is 585 g/mol. The number of rotatable bonds is 5. The lowest BCUT2D eigenvalue weighted by molar-refractivity contribution is -0.164. The lowest BCUT2D eigenvalue weighted by Crippen LogP contribution is -2.58. The molecule has 0 saturated carbocycles. The number of benzene rings is 1. The van der Waals surface area contributed by atoms with E-state index in [1.54, 1.807) is 12.3 Å². The van der Waals surface area contributed by atoms with Crippen LogP contribution in [0.5, 0.6) is 0 Å². The van der Waals surface area contributed by atoms with Crippen molar-refractivity contribution in [1.29, 1.82) is 0 Å². The van der Waals surface area contributed by atoms with E-state index in [9.17, 15) is 17.6 Å². The van der Waals surface area contributed by atoms with Crippen molar-refractivity contribution in [3.8, 4) is 11.3 Å². The molecule has 0 aliphatic carbocycles. The number of aryl methyl sites for hydroxylation is 1. The molecule has 2 saturated heterocycles. The van der Waals surface area contributed by atoms with Crippen molar-refractivity contribution >= 4 is 22.8 Å². The third-order valence-electron chi connectivity index (χ3n) is 8.77. The quantitative estimate of drug-likeness (QED) is 0.311. The van der Waals surface area contributed by atoms with Crippen LogP contribution in [0, 0.1) is 17.0 Å². The molecule has 1 aromatic carbocycles. The molecule has 2 fully saturated rings. The number of pyridine rings is 1. The van der Waals surface area contributed by atoms with Gasteiger partial charge in [-0.1, -0.05) is 6.07 Å². The Balaban J connectivity index is 1.08. The highest BCUT2D eigenvalue weighted by molar-refractivity contribution is 5.83. The van der Waals surface area contributed by atoms with Gasteiger partial charge in [0.1, 0.15) is 28.9 Å². The van der Waals surface area contributed by atoms with Crippen molar-refractivity contribution in [3.63, 3.8) is 0 Å². The molecular weight excluding hydrogens is 555 g/mol. The maximum atomic E-state index is 15.0. The molecule has 4 aromatic rings. The Morgan fingerprint density at radius 3 is 2.48 bits per heavy atom. The molecule has 13 heteroatoms. The van der Waals surface area contributed by atoms with Crippen LogP contribution in [0.1, 0.15) is 36.7 Å². The van der Waals surface area contributed by atoms with Gasteiger partial charge in [-0.05, 0) is 68.6 Å². The summed E-state index contributed by atoms with van der Waals surface area (Å²) in [5.41, 5.74) is 1.07. The van der Waals surface area contributed by atoms with Crippen LogP contribution in [0.25, 0.3) is 22.3 Å². The molecule has 3 aromatic heterocycles. The van der Waals surface area contributed by atoms with E-state index < -0.39 is 23.9 Å². The van der Waals surface area contributed by atoms with Crippen molar-refractivity contribution < 1.29 is 22.0 Å². The van der Waals surface area contributed by atoms with Crippen molar-refractivity contribution in [1.82, 2.24) is 34.3 Å². The standard InChI is InChI=1S/C29H29F5N8/c1-40-15-28(16-40)6-8-41(9-7-28)14-17-2-4-23(35-12-17)37-27-36-13-20(31)25(39-27)18-10-19(30)26-21(11-18)42-22(29(32,33)34)3-5-24(42)38-26/h2,4,10-13,22H,3,5-9,14-16H2,1H3,(H,35,36,37,39)/t22-/m0/s1. The molecule has 0 bridgehead atoms. The largest absolute Gasteiger partial charge is 0.409 e. The van der Waals surface area contributed by atoms with Crippen LogP contribution in [0.2, 0.25) is 0 Å². The first-order valence-electron chi connectivity index (χ1n) is 14.0. The number of nitrogens with zero attached hydrogens (tertiary/aromatic N) is 7. The number of anilines is 2. The molecule has 0 unspecified atom stereocenters. The van der Waals surface area contributed by atoms with Gasteiger partial charge in [-0.15, -0.1) is 0 Å². The highest BCUT2D eigenvalue weighted by Gasteiger charge is 2.46. The third kappa shape index (κ3) is 4.87. The van der Waals surface area contributed by atoms with E-state index in [1.807, 2.05) is 6.07 Å². The number of fused-ring (bicyclic) bond motifs is 3. The molecule has 220 valence electrons. The Hall–Kier alpha value is -3.71. The summed E-state index contributed by atoms with van der Waals surface area (Å²) in [4.78, 5) is 21.5. The van der Waals surface area contributed by atoms with E-state index in [0.717, 1.165) is 42.0 Å². The van der Waals surface area contributed by atoms with Crippen LogP contribution < -0.4 is 5.32 Å². The lowest BCUT2D eigenvalue weighted by atomic mass is 9.72. The van der Waals surface area contributed by atoms with Crippen LogP contribution in [0.15, 0.2) is 36.7 Å². The summed E-state index contributed by atoms with van der Waals surface area (Å²) in [6.07, 6.45) is 0.501. The zero-order valence-electron chi connectivity index (χ0n) is 22.9. The summed E-state index contributed by atoms with van der Waals surface area (Å²) in [7, 11) is 2.16. The summed E-state index contributed by atoms with van der Waals surface area (Å²) in [5.74, 6) is -1.08. The SMILES string of the molecule is CN1CC2(CCN(Cc3ccc(Nc4ncc(F)c(-c5cc(F)c6nc7n(c6c5)[C@H](C(F)(F)F)CC7)n4)nc3)CC2)C1. The van der Waals surface area contributed by atoms with E-state index in [0.29, 0.717) is 11.2 Å². The number of hydrogen-bond acceptors (Lipinski definition) is 7. The number of nitrogens with one attached hydrogen (secondary N) is 1. The summed E-state index contributed by atoms with van der Waals surface area (Å²) in [6.45, 7) is 5.29. The lowest BCUT2D eigenvalue weighted by Gasteiger charge is -2.53. The minimum atomic E-state index is -4.52. The number of imidazole rings is 1. The van der Waals surface area contributed by atoms with Gasteiger partial charge in [0.15, 0.2) is 11.6 Å². The Morgan fingerprint density at radius 1 is 1.00 bits per heavy atom. The van der Waals surface area contributed by atoms with Crippen molar-refractivity contribution in [2.24, 2.45) is 5.41 Å². The zero-order valence-corrected chi connectivity index (χ0v) is 22.9. The molecular formula is C29H29F5N8. The van der Waals surface area contributed by atoms with Gasteiger partial charge in [0.25, 0.3) is 0 Å². The minimum Gasteiger partial charge on any atom is -0.316 e. The maximum absolute atomic E-state index is 15.0. The third-order valence-corrected chi connectivity index (χ3v) is 8.77. The zero-order chi connectivity index (χ0) is 29.2. The number of hydrogen-bond donors (Lipinski definition) is 1. The Kier molecular flexibility index (Phi) is 6.42. The van der Waals surface area contributed by atoms with Crippen LogP contribution >= 0.6 is 0 Å². The smallest absolute Gasteiger partial charge is 0.316 e. The van der Waals surface area contributed by atoms with Gasteiger partial charge in [-0.25, -0.2) is 28.7 Å². The first-order valence-corrected chi connectivity index (χ1v) is 14.0. The topological polar surface area (TPSA) is 75.0 Å². The first kappa shape index (κ1) is 27.1. The van der Waals surface area contributed by atoms with Crippen LogP contribution in [0.4, 0.5) is 33.7 Å². The molecule has 1 N–H and O–H groups in total. The fraction of sp³-hybridized carbons (Fsp3) is 0.448. The van der Waals surface area contributed by atoms with Gasteiger partial charge in [-0.3, -0.25) is 4.90 Å². The summed E-state index contributed by atoms with van der Waals surface area (Å²) in [5, 5.41) is 2.94. The number of alkyl halides is 3.